The number of aromatic nitrogens is 4. The van der Waals surface area contributed by atoms with Crippen molar-refractivity contribution >= 4 is 50.7 Å². The highest BCUT2D eigenvalue weighted by molar-refractivity contribution is 7.99. The molecule has 232 valence electrons. The van der Waals surface area contributed by atoms with Gasteiger partial charge in [0.25, 0.3) is 11.1 Å². The monoisotopic (exact) mass is 644 g/mol. The predicted molar refractivity (Wildman–Crippen MR) is 178 cm³/mol. The highest BCUT2D eigenvalue weighted by atomic mass is 32.2. The van der Waals surface area contributed by atoms with Crippen molar-refractivity contribution in [2.75, 3.05) is 36.6 Å². The van der Waals surface area contributed by atoms with Crippen molar-refractivity contribution in [3.63, 3.8) is 0 Å². The Balaban J connectivity index is 1.37. The SMILES string of the molecule is COCCN(C(=O)CSc1nc2sc3c(c2c(=O)n1-c1ccc(C)cc1)CCC3)c1c(N)n(Cc2ccccc2)c(=O)[nH]c1=O. The van der Waals surface area contributed by atoms with Crippen LogP contribution >= 0.6 is 23.1 Å². The lowest BCUT2D eigenvalue weighted by Crippen LogP contribution is -2.43. The number of ether oxygens (including phenoxy) is 1. The van der Waals surface area contributed by atoms with Crippen LogP contribution in [-0.4, -0.2) is 51.0 Å². The number of nitrogens with one attached hydrogen (secondary N) is 1. The van der Waals surface area contributed by atoms with Crippen LogP contribution in [0.5, 0.6) is 0 Å². The maximum atomic E-state index is 14.0. The largest absolute Gasteiger partial charge is 0.383 e. The fourth-order valence-electron chi connectivity index (χ4n) is 5.55. The summed E-state index contributed by atoms with van der Waals surface area (Å²) in [6, 6.07) is 16.8. The molecule has 0 bridgehead atoms. The second-order valence-corrected chi connectivity index (χ2v) is 12.8. The number of carbonyl (C=O) groups excluding carboxylic acids is 1. The molecule has 1 aliphatic carbocycles. The average Bonchev–Trinajstić information content (AvgIpc) is 3.62. The Kier molecular flexibility index (Phi) is 8.74. The van der Waals surface area contributed by atoms with Gasteiger partial charge in [-0.25, -0.2) is 9.78 Å². The van der Waals surface area contributed by atoms with Gasteiger partial charge in [-0.3, -0.25) is 28.5 Å². The van der Waals surface area contributed by atoms with Crippen LogP contribution in [0.3, 0.4) is 0 Å². The molecular weight excluding hydrogens is 613 g/mol. The van der Waals surface area contributed by atoms with E-state index in [1.165, 1.54) is 32.8 Å². The van der Waals surface area contributed by atoms with E-state index >= 15 is 0 Å². The van der Waals surface area contributed by atoms with E-state index in [9.17, 15) is 19.2 Å². The van der Waals surface area contributed by atoms with E-state index in [0.29, 0.717) is 21.1 Å². The number of nitrogens with zero attached hydrogens (tertiary/aromatic N) is 4. The van der Waals surface area contributed by atoms with Gasteiger partial charge in [-0.2, -0.15) is 0 Å². The smallest absolute Gasteiger partial charge is 0.330 e. The highest BCUT2D eigenvalue weighted by Crippen LogP contribution is 2.36. The molecule has 3 N–H and O–H groups in total. The number of hydrogen-bond acceptors (Lipinski definition) is 9. The maximum Gasteiger partial charge on any atom is 0.330 e. The Bertz CT molecular complexity index is 2070. The Hall–Kier alpha value is -4.46. The second-order valence-electron chi connectivity index (χ2n) is 10.8. The second kappa shape index (κ2) is 12.9. The van der Waals surface area contributed by atoms with Gasteiger partial charge in [0.1, 0.15) is 10.6 Å². The first-order valence-corrected chi connectivity index (χ1v) is 16.3. The van der Waals surface area contributed by atoms with Crippen LogP contribution in [0.15, 0.2) is 74.1 Å². The number of aryl methyl sites for hydroxylation is 3. The maximum absolute atomic E-state index is 14.0. The van der Waals surface area contributed by atoms with Crippen molar-refractivity contribution < 1.29 is 9.53 Å². The quantitative estimate of drug-likeness (QED) is 0.174. The van der Waals surface area contributed by atoms with Gasteiger partial charge in [0.15, 0.2) is 10.8 Å². The van der Waals surface area contributed by atoms with Gasteiger partial charge in [-0.1, -0.05) is 59.8 Å². The number of anilines is 2. The van der Waals surface area contributed by atoms with E-state index in [2.05, 4.69) is 4.98 Å². The fraction of sp³-hybridized carbons (Fsp3) is 0.281. The van der Waals surface area contributed by atoms with E-state index < -0.39 is 17.2 Å². The Morgan fingerprint density at radius 3 is 2.60 bits per heavy atom. The molecule has 11 nitrogen and oxygen atoms in total. The number of methoxy groups -OCH3 is 1. The number of thiophene rings is 1. The molecule has 0 saturated carbocycles. The van der Waals surface area contributed by atoms with Crippen molar-refractivity contribution in [3.8, 4) is 5.69 Å². The first-order chi connectivity index (χ1) is 21.8. The van der Waals surface area contributed by atoms with Crippen LogP contribution in [0.1, 0.15) is 28.0 Å². The number of nitrogens with two attached hydrogens (primary N) is 1. The first kappa shape index (κ1) is 30.6. The molecule has 0 spiro atoms. The minimum atomic E-state index is -0.777. The van der Waals surface area contributed by atoms with Crippen LogP contribution in [-0.2, 0) is 28.9 Å². The van der Waals surface area contributed by atoms with E-state index in [0.717, 1.165) is 47.7 Å². The number of thioether (sulfide) groups is 1. The van der Waals surface area contributed by atoms with Gasteiger partial charge in [0.05, 0.1) is 30.0 Å². The zero-order valence-corrected chi connectivity index (χ0v) is 26.5. The molecule has 0 radical (unpaired) electrons. The van der Waals surface area contributed by atoms with Gasteiger partial charge >= 0.3 is 5.69 Å². The lowest BCUT2D eigenvalue weighted by Gasteiger charge is -2.24. The van der Waals surface area contributed by atoms with Crippen molar-refractivity contribution in [1.29, 1.82) is 0 Å². The molecular formula is C32H32N6O5S2. The lowest BCUT2D eigenvalue weighted by atomic mass is 10.2. The molecule has 5 aromatic rings. The van der Waals surface area contributed by atoms with Crippen molar-refractivity contribution in [3.05, 3.63) is 107 Å². The Morgan fingerprint density at radius 2 is 1.87 bits per heavy atom. The minimum Gasteiger partial charge on any atom is -0.383 e. The Morgan fingerprint density at radius 1 is 1.11 bits per heavy atom. The number of benzene rings is 2. The summed E-state index contributed by atoms with van der Waals surface area (Å²) in [4.78, 5) is 64.1. The summed E-state index contributed by atoms with van der Waals surface area (Å²) in [5.74, 6) is -0.751. The molecule has 0 fully saturated rings. The third kappa shape index (κ3) is 5.98. The number of nitrogen functional groups attached to an aromatic ring is 1. The average molecular weight is 645 g/mol. The standard InChI is InChI=1S/C32H32N6O5S2/c1-19-11-13-21(14-12-19)38-30(41)25-22-9-6-10-23(22)45-29(25)35-32(38)44-18-24(39)36(15-16-43-2)26-27(33)37(31(42)34-28(26)40)17-20-7-4-3-5-8-20/h3-5,7-8,11-14H,6,9-10,15-18,33H2,1-2H3,(H,34,40,42). The van der Waals surface area contributed by atoms with Crippen molar-refractivity contribution in [2.24, 2.45) is 0 Å². The predicted octanol–water partition coefficient (Wildman–Crippen LogP) is 3.50. The minimum absolute atomic E-state index is 0.0155. The van der Waals surface area contributed by atoms with Gasteiger partial charge in [0.2, 0.25) is 5.91 Å². The number of carbonyl (C=O) groups is 1. The molecule has 0 atom stereocenters. The zero-order valence-electron chi connectivity index (χ0n) is 24.9. The molecule has 45 heavy (non-hydrogen) atoms. The molecule has 6 rings (SSSR count). The van der Waals surface area contributed by atoms with Gasteiger partial charge in [-0.15, -0.1) is 11.3 Å². The molecule has 0 aliphatic heterocycles. The summed E-state index contributed by atoms with van der Waals surface area (Å²) >= 11 is 2.64. The van der Waals surface area contributed by atoms with Gasteiger partial charge in [-0.05, 0) is 49.4 Å². The molecule has 3 aromatic heterocycles. The summed E-state index contributed by atoms with van der Waals surface area (Å²) in [6.45, 7) is 2.21. The first-order valence-electron chi connectivity index (χ1n) is 14.5. The molecule has 0 saturated heterocycles. The number of H-pyrrole nitrogens is 1. The molecule has 0 unspecified atom stereocenters. The zero-order chi connectivity index (χ0) is 31.7. The van der Waals surface area contributed by atoms with Crippen LogP contribution in [0, 0.1) is 6.92 Å². The number of rotatable bonds is 10. The fourth-order valence-corrected chi connectivity index (χ4v) is 7.74. The normalized spacial score (nSPS) is 12.5. The van der Waals surface area contributed by atoms with Gasteiger partial charge < -0.3 is 15.4 Å². The summed E-state index contributed by atoms with van der Waals surface area (Å²) in [7, 11) is 1.49. The van der Waals surface area contributed by atoms with Crippen molar-refractivity contribution in [2.45, 2.75) is 37.9 Å². The third-order valence-corrected chi connectivity index (χ3v) is 9.92. The summed E-state index contributed by atoms with van der Waals surface area (Å²) in [6.07, 6.45) is 2.80. The van der Waals surface area contributed by atoms with E-state index in [1.807, 2.05) is 61.5 Å². The van der Waals surface area contributed by atoms with E-state index in [4.69, 9.17) is 15.5 Å². The van der Waals surface area contributed by atoms with Gasteiger partial charge in [0, 0.05) is 18.5 Å². The van der Waals surface area contributed by atoms with Crippen LogP contribution in [0.2, 0.25) is 0 Å². The van der Waals surface area contributed by atoms with E-state index in [1.54, 1.807) is 4.57 Å². The number of aromatic amines is 1. The highest BCUT2D eigenvalue weighted by Gasteiger charge is 2.27. The summed E-state index contributed by atoms with van der Waals surface area (Å²) in [5.41, 5.74) is 8.24. The lowest BCUT2D eigenvalue weighted by molar-refractivity contribution is -0.116. The van der Waals surface area contributed by atoms with Crippen LogP contribution < -0.4 is 27.4 Å². The number of amides is 1. The van der Waals surface area contributed by atoms with Crippen LogP contribution in [0.25, 0.3) is 15.9 Å². The van der Waals surface area contributed by atoms with Crippen LogP contribution in [0.4, 0.5) is 11.5 Å². The molecule has 13 heteroatoms. The molecule has 3 heterocycles. The van der Waals surface area contributed by atoms with Crippen molar-refractivity contribution in [1.82, 2.24) is 19.1 Å². The van der Waals surface area contributed by atoms with E-state index in [-0.39, 0.29) is 42.5 Å². The molecule has 2 aromatic carbocycles. The summed E-state index contributed by atoms with van der Waals surface area (Å²) < 4.78 is 8.03. The molecule has 1 aliphatic rings. The molecule has 1 amide bonds. The Labute approximate surface area is 266 Å². The number of fused-ring (bicyclic) bond motifs is 3. The third-order valence-electron chi connectivity index (χ3n) is 7.81. The topological polar surface area (TPSA) is 145 Å². The number of hydrogen-bond donors (Lipinski definition) is 2. The summed E-state index contributed by atoms with van der Waals surface area (Å²) in [5, 5.41) is 1.01.